The van der Waals surface area contributed by atoms with Gasteiger partial charge in [-0.25, -0.2) is 0 Å². The minimum Gasteiger partial charge on any atom is -0.326 e. The maximum Gasteiger partial charge on any atom is 0.238 e. The van der Waals surface area contributed by atoms with Gasteiger partial charge in [-0.2, -0.15) is 0 Å². The number of carbonyl (C=O) groups is 1. The summed E-state index contributed by atoms with van der Waals surface area (Å²) in [6, 6.07) is 7.73. The highest BCUT2D eigenvalue weighted by atomic mass is 16.2. The van der Waals surface area contributed by atoms with Crippen LogP contribution in [0.1, 0.15) is 37.7 Å². The Morgan fingerprint density at radius 1 is 1.15 bits per heavy atom. The van der Waals surface area contributed by atoms with E-state index in [0.717, 1.165) is 24.3 Å². The number of nitrogens with one attached hydrogen (secondary N) is 1. The zero-order chi connectivity index (χ0) is 14.2. The van der Waals surface area contributed by atoms with Crippen molar-refractivity contribution in [2.24, 2.45) is 5.73 Å². The highest BCUT2D eigenvalue weighted by molar-refractivity contribution is 5.92. The fourth-order valence-electron chi connectivity index (χ4n) is 2.65. The zero-order valence-corrected chi connectivity index (χ0v) is 12.1. The lowest BCUT2D eigenvalue weighted by atomic mass is 10.1. The van der Waals surface area contributed by atoms with Crippen LogP contribution in [-0.4, -0.2) is 30.4 Å². The molecule has 0 saturated carbocycles. The summed E-state index contributed by atoms with van der Waals surface area (Å²) in [5, 5.41) is 2.96. The van der Waals surface area contributed by atoms with Crippen molar-refractivity contribution in [3.8, 4) is 0 Å². The van der Waals surface area contributed by atoms with Crippen LogP contribution in [0.5, 0.6) is 0 Å². The van der Waals surface area contributed by atoms with Crippen LogP contribution in [0.25, 0.3) is 0 Å². The van der Waals surface area contributed by atoms with Crippen LogP contribution in [-0.2, 0) is 11.3 Å². The fraction of sp³-hybridized carbons (Fsp3) is 0.562. The summed E-state index contributed by atoms with van der Waals surface area (Å²) in [6.45, 7) is 3.06. The number of hydrogen-bond donors (Lipinski definition) is 2. The van der Waals surface area contributed by atoms with Gasteiger partial charge in [0.15, 0.2) is 0 Å². The Hall–Kier alpha value is -1.39. The fourth-order valence-corrected chi connectivity index (χ4v) is 2.65. The zero-order valence-electron chi connectivity index (χ0n) is 12.1. The van der Waals surface area contributed by atoms with Crippen molar-refractivity contribution in [3.05, 3.63) is 29.8 Å². The summed E-state index contributed by atoms with van der Waals surface area (Å²) in [5.74, 6) is 0.0692. The van der Waals surface area contributed by atoms with Gasteiger partial charge in [-0.05, 0) is 43.6 Å². The Balaban J connectivity index is 1.84. The second kappa shape index (κ2) is 8.02. The summed E-state index contributed by atoms with van der Waals surface area (Å²) in [4.78, 5) is 14.4. The quantitative estimate of drug-likeness (QED) is 0.887. The minimum absolute atomic E-state index is 0.0692. The number of carbonyl (C=O) groups excluding carboxylic acids is 1. The largest absolute Gasteiger partial charge is 0.326 e. The minimum atomic E-state index is 0.0692. The van der Waals surface area contributed by atoms with Crippen LogP contribution in [0.4, 0.5) is 5.69 Å². The molecular weight excluding hydrogens is 250 g/mol. The van der Waals surface area contributed by atoms with Crippen LogP contribution in [0.2, 0.25) is 0 Å². The normalized spacial score (nSPS) is 17.2. The third-order valence-corrected chi connectivity index (χ3v) is 3.76. The first-order valence-corrected chi connectivity index (χ1v) is 7.59. The van der Waals surface area contributed by atoms with Gasteiger partial charge in [-0.15, -0.1) is 0 Å². The first kappa shape index (κ1) is 15.0. The van der Waals surface area contributed by atoms with Gasteiger partial charge in [0.1, 0.15) is 0 Å². The molecule has 1 amide bonds. The molecule has 4 nitrogen and oxygen atoms in total. The number of nitrogens with two attached hydrogens (primary N) is 1. The van der Waals surface area contributed by atoms with Crippen LogP contribution >= 0.6 is 0 Å². The lowest BCUT2D eigenvalue weighted by Gasteiger charge is -2.23. The van der Waals surface area contributed by atoms with Crippen molar-refractivity contribution < 1.29 is 4.79 Å². The Morgan fingerprint density at radius 2 is 1.85 bits per heavy atom. The highest BCUT2D eigenvalue weighted by Gasteiger charge is 2.12. The summed E-state index contributed by atoms with van der Waals surface area (Å²) in [7, 11) is 0. The van der Waals surface area contributed by atoms with Crippen molar-refractivity contribution in [2.75, 3.05) is 25.0 Å². The molecule has 1 saturated heterocycles. The molecule has 2 rings (SSSR count). The first-order valence-electron chi connectivity index (χ1n) is 7.59. The van der Waals surface area contributed by atoms with E-state index in [1.165, 1.54) is 32.1 Å². The maximum absolute atomic E-state index is 12.1. The Kier molecular flexibility index (Phi) is 6.02. The summed E-state index contributed by atoms with van der Waals surface area (Å²) in [5.41, 5.74) is 7.48. The molecule has 1 aromatic carbocycles. The third-order valence-electron chi connectivity index (χ3n) is 3.76. The lowest BCUT2D eigenvalue weighted by molar-refractivity contribution is -0.117. The number of benzene rings is 1. The number of anilines is 1. The van der Waals surface area contributed by atoms with Crippen LogP contribution in [0, 0.1) is 0 Å². The van der Waals surface area contributed by atoms with E-state index in [1.54, 1.807) is 0 Å². The van der Waals surface area contributed by atoms with E-state index in [4.69, 9.17) is 5.73 Å². The number of hydrogen-bond acceptors (Lipinski definition) is 3. The van der Waals surface area contributed by atoms with E-state index >= 15 is 0 Å². The van der Waals surface area contributed by atoms with Crippen molar-refractivity contribution >= 4 is 11.6 Å². The van der Waals surface area contributed by atoms with Gasteiger partial charge in [-0.3, -0.25) is 9.69 Å². The molecule has 3 N–H and O–H groups in total. The van der Waals surface area contributed by atoms with Gasteiger partial charge in [0.25, 0.3) is 0 Å². The van der Waals surface area contributed by atoms with E-state index in [-0.39, 0.29) is 5.91 Å². The highest BCUT2D eigenvalue weighted by Crippen LogP contribution is 2.12. The molecule has 0 aliphatic carbocycles. The molecule has 0 radical (unpaired) electrons. The first-order chi connectivity index (χ1) is 9.78. The predicted octanol–water partition coefficient (Wildman–Crippen LogP) is 2.35. The van der Waals surface area contributed by atoms with E-state index in [9.17, 15) is 4.79 Å². The van der Waals surface area contributed by atoms with E-state index in [0.29, 0.717) is 13.1 Å². The van der Waals surface area contributed by atoms with Crippen LogP contribution < -0.4 is 11.1 Å². The number of amides is 1. The van der Waals surface area contributed by atoms with E-state index in [1.807, 2.05) is 24.3 Å². The molecule has 1 heterocycles. The molecule has 1 aromatic rings. The molecule has 1 fully saturated rings. The summed E-state index contributed by atoms with van der Waals surface area (Å²) in [6.07, 6.45) is 6.32. The van der Waals surface area contributed by atoms with Gasteiger partial charge >= 0.3 is 0 Å². The van der Waals surface area contributed by atoms with Gasteiger partial charge in [0.2, 0.25) is 5.91 Å². The molecule has 1 aliphatic rings. The smallest absolute Gasteiger partial charge is 0.238 e. The number of rotatable bonds is 4. The predicted molar refractivity (Wildman–Crippen MR) is 82.5 cm³/mol. The van der Waals surface area contributed by atoms with Crippen molar-refractivity contribution in [1.29, 1.82) is 0 Å². The van der Waals surface area contributed by atoms with Crippen LogP contribution in [0.15, 0.2) is 24.3 Å². The standard InChI is InChI=1S/C16H25N3O/c17-12-14-7-6-8-15(11-14)18-16(20)13-19-9-4-2-1-3-5-10-19/h6-8,11H,1-5,9-10,12-13,17H2,(H,18,20). The number of likely N-dealkylation sites (tertiary alicyclic amines) is 1. The van der Waals surface area contributed by atoms with Crippen molar-refractivity contribution in [1.82, 2.24) is 4.90 Å². The van der Waals surface area contributed by atoms with E-state index in [2.05, 4.69) is 10.2 Å². The second-order valence-electron chi connectivity index (χ2n) is 5.50. The molecule has 0 bridgehead atoms. The average Bonchev–Trinajstić information content (AvgIpc) is 2.42. The van der Waals surface area contributed by atoms with Gasteiger partial charge in [0, 0.05) is 12.2 Å². The molecule has 110 valence electrons. The van der Waals surface area contributed by atoms with Crippen LogP contribution in [0.3, 0.4) is 0 Å². The van der Waals surface area contributed by atoms with Gasteiger partial charge in [-0.1, -0.05) is 31.4 Å². The van der Waals surface area contributed by atoms with Crippen molar-refractivity contribution in [3.63, 3.8) is 0 Å². The monoisotopic (exact) mass is 275 g/mol. The molecule has 0 aromatic heterocycles. The Bertz CT molecular complexity index is 425. The molecule has 20 heavy (non-hydrogen) atoms. The summed E-state index contributed by atoms with van der Waals surface area (Å²) < 4.78 is 0. The van der Waals surface area contributed by atoms with E-state index < -0.39 is 0 Å². The third kappa shape index (κ3) is 4.94. The summed E-state index contributed by atoms with van der Waals surface area (Å²) >= 11 is 0. The lowest BCUT2D eigenvalue weighted by Crippen LogP contribution is -2.35. The molecular formula is C16H25N3O. The van der Waals surface area contributed by atoms with Crippen molar-refractivity contribution in [2.45, 2.75) is 38.6 Å². The van der Waals surface area contributed by atoms with Gasteiger partial charge in [0.05, 0.1) is 6.54 Å². The Morgan fingerprint density at radius 3 is 2.55 bits per heavy atom. The average molecular weight is 275 g/mol. The SMILES string of the molecule is NCc1cccc(NC(=O)CN2CCCCCCC2)c1. The molecule has 0 spiro atoms. The Labute approximate surface area is 121 Å². The number of nitrogens with zero attached hydrogens (tertiary/aromatic N) is 1. The maximum atomic E-state index is 12.1. The molecule has 4 heteroatoms. The molecule has 1 aliphatic heterocycles. The second-order valence-corrected chi connectivity index (χ2v) is 5.50. The molecule has 0 unspecified atom stereocenters. The molecule has 0 atom stereocenters. The van der Waals surface area contributed by atoms with Gasteiger partial charge < -0.3 is 11.1 Å². The topological polar surface area (TPSA) is 58.4 Å².